The van der Waals surface area contributed by atoms with Crippen molar-refractivity contribution in [1.29, 1.82) is 0 Å². The van der Waals surface area contributed by atoms with Crippen molar-refractivity contribution >= 4 is 35.0 Å². The Morgan fingerprint density at radius 2 is 1.74 bits per heavy atom. The van der Waals surface area contributed by atoms with Gasteiger partial charge in [-0.1, -0.05) is 35.3 Å². The van der Waals surface area contributed by atoms with Crippen LogP contribution in [0.5, 0.6) is 0 Å². The van der Waals surface area contributed by atoms with Gasteiger partial charge < -0.3 is 15.0 Å². The van der Waals surface area contributed by atoms with Crippen LogP contribution < -0.4 is 5.32 Å². The van der Waals surface area contributed by atoms with E-state index in [4.69, 9.17) is 27.9 Å². The number of hydrogen-bond donors (Lipinski definition) is 1. The minimum Gasteiger partial charge on any atom is -0.377 e. The Kier molecular flexibility index (Phi) is 7.09. The van der Waals surface area contributed by atoms with Gasteiger partial charge in [-0.05, 0) is 42.9 Å². The molecule has 11 heteroatoms. The third-order valence-electron chi connectivity index (χ3n) is 6.03. The smallest absolute Gasteiger partial charge is 0.377 e. The summed E-state index contributed by atoms with van der Waals surface area (Å²) in [4.78, 5) is 28.5. The Morgan fingerprint density at radius 1 is 1.09 bits per heavy atom. The topological polar surface area (TPSA) is 61.7 Å². The SMILES string of the molecule is CN1C(c2ccc(C(=O)NCC3COCCN3C(=O)c3cc(Cl)cc(Cl)c3)cc2)C1C(F)(F)F. The van der Waals surface area contributed by atoms with E-state index in [-0.39, 0.29) is 19.1 Å². The van der Waals surface area contributed by atoms with E-state index in [0.717, 1.165) is 0 Å². The molecule has 0 spiro atoms. The summed E-state index contributed by atoms with van der Waals surface area (Å²) in [6.07, 6.45) is -4.29. The van der Waals surface area contributed by atoms with Crippen LogP contribution in [0.15, 0.2) is 42.5 Å². The highest BCUT2D eigenvalue weighted by Crippen LogP contribution is 2.49. The van der Waals surface area contributed by atoms with Gasteiger partial charge in [0.1, 0.15) is 6.04 Å². The van der Waals surface area contributed by atoms with Gasteiger partial charge in [-0.15, -0.1) is 0 Å². The van der Waals surface area contributed by atoms with E-state index in [1.165, 1.54) is 54.4 Å². The van der Waals surface area contributed by atoms with Crippen LogP contribution in [0.25, 0.3) is 0 Å². The fourth-order valence-corrected chi connectivity index (χ4v) is 4.77. The number of morpholine rings is 1. The van der Waals surface area contributed by atoms with Gasteiger partial charge in [0.2, 0.25) is 0 Å². The highest BCUT2D eigenvalue weighted by atomic mass is 35.5. The Morgan fingerprint density at radius 3 is 2.32 bits per heavy atom. The maximum Gasteiger partial charge on any atom is 0.405 e. The number of amides is 2. The molecule has 2 heterocycles. The van der Waals surface area contributed by atoms with Crippen molar-refractivity contribution in [2.75, 3.05) is 33.4 Å². The third kappa shape index (κ3) is 5.33. The Balaban J connectivity index is 1.38. The number of nitrogens with one attached hydrogen (secondary N) is 1. The third-order valence-corrected chi connectivity index (χ3v) is 6.47. The molecule has 2 aromatic carbocycles. The molecule has 2 fully saturated rings. The number of ether oxygens (including phenoxy) is 1. The lowest BCUT2D eigenvalue weighted by Crippen LogP contribution is -2.53. The number of nitrogens with zero attached hydrogens (tertiary/aromatic N) is 2. The fraction of sp³-hybridized carbons (Fsp3) is 0.391. The Bertz CT molecular complexity index is 1060. The van der Waals surface area contributed by atoms with Crippen LogP contribution in [0.3, 0.4) is 0 Å². The second kappa shape index (κ2) is 9.73. The summed E-state index contributed by atoms with van der Waals surface area (Å²) in [5.74, 6) is -0.670. The summed E-state index contributed by atoms with van der Waals surface area (Å²) in [6.45, 7) is 1.09. The minimum absolute atomic E-state index is 0.141. The molecular weight excluding hydrogens is 494 g/mol. The molecule has 2 aliphatic rings. The van der Waals surface area contributed by atoms with E-state index < -0.39 is 30.2 Å². The average Bonchev–Trinajstić information content (AvgIpc) is 3.48. The molecule has 0 aromatic heterocycles. The van der Waals surface area contributed by atoms with E-state index in [0.29, 0.717) is 39.9 Å². The van der Waals surface area contributed by atoms with E-state index >= 15 is 0 Å². The Labute approximate surface area is 204 Å². The van der Waals surface area contributed by atoms with Crippen LogP contribution in [0.1, 0.15) is 32.3 Å². The van der Waals surface area contributed by atoms with Crippen molar-refractivity contribution in [2.24, 2.45) is 0 Å². The molecule has 2 amide bonds. The van der Waals surface area contributed by atoms with Gasteiger partial charge in [-0.3, -0.25) is 14.5 Å². The number of hydrogen-bond acceptors (Lipinski definition) is 4. The first kappa shape index (κ1) is 24.8. The molecule has 0 saturated carbocycles. The molecule has 4 atom stereocenters. The zero-order valence-electron chi connectivity index (χ0n) is 18.1. The number of carbonyl (C=O) groups excluding carboxylic acids is 2. The average molecular weight is 516 g/mol. The van der Waals surface area contributed by atoms with E-state index in [1.807, 2.05) is 0 Å². The van der Waals surface area contributed by atoms with Gasteiger partial charge in [0.15, 0.2) is 0 Å². The monoisotopic (exact) mass is 515 g/mol. The first-order valence-electron chi connectivity index (χ1n) is 10.6. The van der Waals surface area contributed by atoms with E-state index in [2.05, 4.69) is 5.32 Å². The lowest BCUT2D eigenvalue weighted by molar-refractivity contribution is -0.136. The first-order valence-corrected chi connectivity index (χ1v) is 11.3. The minimum atomic E-state index is -4.29. The standard InChI is InChI=1S/C23H22Cl2F3N3O3/c1-30-19(20(30)23(26,27)28)13-2-4-14(5-3-13)21(32)29-11-18-12-34-7-6-31(18)22(33)15-8-16(24)10-17(25)9-15/h2-5,8-10,18-20H,6-7,11-12H2,1H3,(H,29,32). The lowest BCUT2D eigenvalue weighted by atomic mass is 10.1. The van der Waals surface area contributed by atoms with Gasteiger partial charge in [0.25, 0.3) is 11.8 Å². The number of rotatable bonds is 5. The molecule has 1 N–H and O–H groups in total. The molecule has 34 heavy (non-hydrogen) atoms. The van der Waals surface area contributed by atoms with Crippen LogP contribution in [-0.4, -0.2) is 73.2 Å². The first-order chi connectivity index (χ1) is 16.1. The number of alkyl halides is 3. The van der Waals surface area contributed by atoms with Gasteiger partial charge >= 0.3 is 6.18 Å². The van der Waals surface area contributed by atoms with Crippen LogP contribution >= 0.6 is 23.2 Å². The van der Waals surface area contributed by atoms with Gasteiger partial charge in [-0.2, -0.15) is 13.2 Å². The zero-order valence-corrected chi connectivity index (χ0v) is 19.6. The van der Waals surface area contributed by atoms with E-state index in [1.54, 1.807) is 4.90 Å². The molecule has 2 aromatic rings. The second-order valence-corrected chi connectivity index (χ2v) is 9.19. The van der Waals surface area contributed by atoms with Crippen molar-refractivity contribution in [3.05, 3.63) is 69.2 Å². The highest BCUT2D eigenvalue weighted by Gasteiger charge is 2.61. The predicted molar refractivity (Wildman–Crippen MR) is 121 cm³/mol. The highest BCUT2D eigenvalue weighted by molar-refractivity contribution is 6.35. The number of halogens is 5. The number of carbonyl (C=O) groups is 2. The van der Waals surface area contributed by atoms with Crippen molar-refractivity contribution < 1.29 is 27.5 Å². The molecule has 0 radical (unpaired) electrons. The summed E-state index contributed by atoms with van der Waals surface area (Å²) in [6, 6.07) is 8.01. The molecule has 0 bridgehead atoms. The maximum atomic E-state index is 13.0. The molecule has 4 rings (SSSR count). The van der Waals surface area contributed by atoms with Gasteiger partial charge in [0, 0.05) is 34.3 Å². The van der Waals surface area contributed by atoms with Crippen molar-refractivity contribution in [1.82, 2.24) is 15.1 Å². The molecular formula is C23H22Cl2F3N3O3. The number of likely N-dealkylation sites (N-methyl/N-ethyl adjacent to an activating group) is 1. The normalized spacial score (nSPS) is 24.6. The molecule has 2 aliphatic heterocycles. The Hall–Kier alpha value is -2.33. The largest absolute Gasteiger partial charge is 0.405 e. The van der Waals surface area contributed by atoms with Crippen LogP contribution in [-0.2, 0) is 4.74 Å². The molecule has 0 aliphatic carbocycles. The zero-order chi connectivity index (χ0) is 24.6. The van der Waals surface area contributed by atoms with Gasteiger partial charge in [0.05, 0.1) is 25.3 Å². The predicted octanol–water partition coefficient (Wildman–Crippen LogP) is 4.18. The van der Waals surface area contributed by atoms with Gasteiger partial charge in [-0.25, -0.2) is 0 Å². The second-order valence-electron chi connectivity index (χ2n) is 8.31. The van der Waals surface area contributed by atoms with Crippen molar-refractivity contribution in [3.63, 3.8) is 0 Å². The summed E-state index contributed by atoms with van der Waals surface area (Å²) in [5.41, 5.74) is 1.15. The molecule has 4 unspecified atom stereocenters. The maximum absolute atomic E-state index is 13.0. The molecule has 2 saturated heterocycles. The summed E-state index contributed by atoms with van der Waals surface area (Å²) in [7, 11) is 1.42. The van der Waals surface area contributed by atoms with Crippen LogP contribution in [0.4, 0.5) is 13.2 Å². The van der Waals surface area contributed by atoms with Crippen molar-refractivity contribution in [3.8, 4) is 0 Å². The summed E-state index contributed by atoms with van der Waals surface area (Å²) < 4.78 is 44.5. The lowest BCUT2D eigenvalue weighted by Gasteiger charge is -2.35. The molecule has 6 nitrogen and oxygen atoms in total. The quantitative estimate of drug-likeness (QED) is 0.606. The summed E-state index contributed by atoms with van der Waals surface area (Å²) in [5, 5.41) is 3.47. The van der Waals surface area contributed by atoms with Crippen LogP contribution in [0.2, 0.25) is 10.0 Å². The molecule has 182 valence electrons. The van der Waals surface area contributed by atoms with Crippen molar-refractivity contribution in [2.45, 2.75) is 24.3 Å². The van der Waals surface area contributed by atoms with E-state index in [9.17, 15) is 22.8 Å². The number of benzene rings is 2. The van der Waals surface area contributed by atoms with Crippen LogP contribution in [0, 0.1) is 0 Å². The summed E-state index contributed by atoms with van der Waals surface area (Å²) >= 11 is 12.0. The fourth-order valence-electron chi connectivity index (χ4n) is 4.25.